The quantitative estimate of drug-likeness (QED) is 0.873. The highest BCUT2D eigenvalue weighted by atomic mass is 16.5. The molecule has 0 unspecified atom stereocenters. The minimum atomic E-state index is 0.401. The van der Waals surface area contributed by atoms with Crippen LogP contribution in [-0.4, -0.2) is 17.3 Å². The normalized spacial score (nSPS) is 10.3. The average molecular weight is 229 g/mol. The van der Waals surface area contributed by atoms with Crippen molar-refractivity contribution in [3.05, 3.63) is 41.6 Å². The van der Waals surface area contributed by atoms with Crippen molar-refractivity contribution in [3.63, 3.8) is 0 Å². The molecule has 17 heavy (non-hydrogen) atoms. The minimum absolute atomic E-state index is 0.401. The fourth-order valence-corrected chi connectivity index (χ4v) is 1.63. The van der Waals surface area contributed by atoms with Crippen LogP contribution in [0, 0.1) is 6.92 Å². The molecule has 1 aromatic heterocycles. The number of hydrogen-bond donors (Lipinski definition) is 1. The largest absolute Gasteiger partial charge is 0.496 e. The van der Waals surface area contributed by atoms with Crippen molar-refractivity contribution in [2.45, 2.75) is 13.5 Å². The molecule has 2 aromatic rings. The Morgan fingerprint density at radius 1 is 1.18 bits per heavy atom. The lowest BCUT2D eigenvalue weighted by molar-refractivity contribution is 0.416. The molecule has 2 N–H and O–H groups in total. The van der Waals surface area contributed by atoms with Gasteiger partial charge in [-0.25, -0.2) is 0 Å². The summed E-state index contributed by atoms with van der Waals surface area (Å²) in [5.74, 6) is 0.797. The van der Waals surface area contributed by atoms with Crippen molar-refractivity contribution in [2.75, 3.05) is 7.11 Å². The van der Waals surface area contributed by atoms with Crippen LogP contribution in [0.15, 0.2) is 30.3 Å². The summed E-state index contributed by atoms with van der Waals surface area (Å²) >= 11 is 0. The first-order chi connectivity index (χ1) is 8.24. The van der Waals surface area contributed by atoms with Gasteiger partial charge in [-0.15, -0.1) is 0 Å². The van der Waals surface area contributed by atoms with Gasteiger partial charge in [-0.2, -0.15) is 10.2 Å². The van der Waals surface area contributed by atoms with Gasteiger partial charge in [0.1, 0.15) is 5.75 Å². The first kappa shape index (κ1) is 11.5. The summed E-state index contributed by atoms with van der Waals surface area (Å²) in [5, 5.41) is 8.21. The molecule has 0 aliphatic heterocycles. The summed E-state index contributed by atoms with van der Waals surface area (Å²) in [6.45, 7) is 2.43. The Balaban J connectivity index is 2.47. The Morgan fingerprint density at radius 3 is 2.59 bits per heavy atom. The maximum atomic E-state index is 5.49. The van der Waals surface area contributed by atoms with Gasteiger partial charge in [0.05, 0.1) is 18.5 Å². The molecule has 0 aliphatic carbocycles. The van der Waals surface area contributed by atoms with Crippen molar-refractivity contribution in [1.29, 1.82) is 0 Å². The number of methoxy groups -OCH3 is 1. The van der Waals surface area contributed by atoms with Crippen LogP contribution in [0.3, 0.4) is 0 Å². The maximum Gasteiger partial charge on any atom is 0.128 e. The molecule has 0 radical (unpaired) electrons. The maximum absolute atomic E-state index is 5.49. The lowest BCUT2D eigenvalue weighted by atomic mass is 10.1. The first-order valence-electron chi connectivity index (χ1n) is 5.42. The van der Waals surface area contributed by atoms with E-state index in [0.29, 0.717) is 6.54 Å². The van der Waals surface area contributed by atoms with E-state index in [-0.39, 0.29) is 0 Å². The fraction of sp³-hybridized carbons (Fsp3) is 0.231. The average Bonchev–Trinajstić information content (AvgIpc) is 2.39. The van der Waals surface area contributed by atoms with Gasteiger partial charge >= 0.3 is 0 Å². The highest BCUT2D eigenvalue weighted by Gasteiger charge is 2.07. The second-order valence-corrected chi connectivity index (χ2v) is 3.82. The van der Waals surface area contributed by atoms with Gasteiger partial charge in [-0.1, -0.05) is 11.6 Å². The zero-order valence-corrected chi connectivity index (χ0v) is 9.97. The highest BCUT2D eigenvalue weighted by Crippen LogP contribution is 2.28. The number of hydrogen-bond acceptors (Lipinski definition) is 4. The lowest BCUT2D eigenvalue weighted by Crippen LogP contribution is -2.01. The molecule has 0 atom stereocenters. The Labute approximate surface area is 100 Å². The Bertz CT molecular complexity index is 509. The molecule has 1 heterocycles. The Kier molecular flexibility index (Phi) is 3.35. The van der Waals surface area contributed by atoms with E-state index in [2.05, 4.69) is 10.2 Å². The summed E-state index contributed by atoms with van der Waals surface area (Å²) in [6, 6.07) is 9.76. The molecule has 2 rings (SSSR count). The van der Waals surface area contributed by atoms with E-state index in [0.717, 1.165) is 28.3 Å². The minimum Gasteiger partial charge on any atom is -0.496 e. The smallest absolute Gasteiger partial charge is 0.128 e. The molecule has 88 valence electrons. The number of nitrogens with two attached hydrogens (primary N) is 1. The molecule has 4 nitrogen and oxygen atoms in total. The molecule has 0 amide bonds. The summed E-state index contributed by atoms with van der Waals surface area (Å²) in [6.07, 6.45) is 0. The van der Waals surface area contributed by atoms with E-state index in [9.17, 15) is 0 Å². The van der Waals surface area contributed by atoms with Crippen LogP contribution in [0.1, 0.15) is 11.3 Å². The molecule has 4 heteroatoms. The SMILES string of the molecule is COc1ccc(C)cc1-c1ccc(CN)nn1. The van der Waals surface area contributed by atoms with Crippen LogP contribution in [0.2, 0.25) is 0 Å². The van der Waals surface area contributed by atoms with Crippen molar-refractivity contribution in [1.82, 2.24) is 10.2 Å². The Morgan fingerprint density at radius 2 is 2.00 bits per heavy atom. The van der Waals surface area contributed by atoms with E-state index >= 15 is 0 Å². The van der Waals surface area contributed by atoms with Gasteiger partial charge < -0.3 is 10.5 Å². The number of nitrogens with zero attached hydrogens (tertiary/aromatic N) is 2. The number of aromatic nitrogens is 2. The first-order valence-corrected chi connectivity index (χ1v) is 5.42. The second kappa shape index (κ2) is 4.93. The fourth-order valence-electron chi connectivity index (χ4n) is 1.63. The zero-order valence-electron chi connectivity index (χ0n) is 9.97. The van der Waals surface area contributed by atoms with Crippen LogP contribution in [0.4, 0.5) is 0 Å². The molecule has 0 saturated heterocycles. The number of aryl methyl sites for hydroxylation is 1. The molecule has 0 aliphatic rings. The summed E-state index contributed by atoms with van der Waals surface area (Å²) in [5.41, 5.74) is 9.17. The van der Waals surface area contributed by atoms with E-state index in [1.54, 1.807) is 7.11 Å². The molecule has 0 bridgehead atoms. The van der Waals surface area contributed by atoms with Crippen LogP contribution in [0.5, 0.6) is 5.75 Å². The topological polar surface area (TPSA) is 61.0 Å². The third-order valence-corrected chi connectivity index (χ3v) is 2.56. The molecule has 0 spiro atoms. The van der Waals surface area contributed by atoms with Crippen molar-refractivity contribution >= 4 is 0 Å². The Hall–Kier alpha value is -1.94. The van der Waals surface area contributed by atoms with Gasteiger partial charge in [0, 0.05) is 12.1 Å². The van der Waals surface area contributed by atoms with Gasteiger partial charge in [0.15, 0.2) is 0 Å². The van der Waals surface area contributed by atoms with Crippen molar-refractivity contribution in [2.24, 2.45) is 5.73 Å². The van der Waals surface area contributed by atoms with E-state index < -0.39 is 0 Å². The third-order valence-electron chi connectivity index (χ3n) is 2.56. The van der Waals surface area contributed by atoms with Crippen LogP contribution >= 0.6 is 0 Å². The van der Waals surface area contributed by atoms with Gasteiger partial charge in [0.2, 0.25) is 0 Å². The van der Waals surface area contributed by atoms with Gasteiger partial charge in [0.25, 0.3) is 0 Å². The van der Waals surface area contributed by atoms with Crippen LogP contribution in [-0.2, 0) is 6.54 Å². The van der Waals surface area contributed by atoms with Gasteiger partial charge in [-0.05, 0) is 31.2 Å². The predicted molar refractivity (Wildman–Crippen MR) is 66.6 cm³/mol. The van der Waals surface area contributed by atoms with Crippen LogP contribution < -0.4 is 10.5 Å². The second-order valence-electron chi connectivity index (χ2n) is 3.82. The van der Waals surface area contributed by atoms with Gasteiger partial charge in [-0.3, -0.25) is 0 Å². The molecule has 0 fully saturated rings. The lowest BCUT2D eigenvalue weighted by Gasteiger charge is -2.08. The standard InChI is InChI=1S/C13H15N3O/c1-9-3-6-13(17-2)11(7-9)12-5-4-10(8-14)15-16-12/h3-7H,8,14H2,1-2H3. The molecule has 0 saturated carbocycles. The summed E-state index contributed by atoms with van der Waals surface area (Å²) in [7, 11) is 1.65. The van der Waals surface area contributed by atoms with Crippen LogP contribution in [0.25, 0.3) is 11.3 Å². The summed E-state index contributed by atoms with van der Waals surface area (Å²) < 4.78 is 5.32. The molecular weight excluding hydrogens is 214 g/mol. The highest BCUT2D eigenvalue weighted by molar-refractivity contribution is 5.67. The third kappa shape index (κ3) is 2.42. The number of benzene rings is 1. The molecule has 1 aromatic carbocycles. The van der Waals surface area contributed by atoms with E-state index in [1.165, 1.54) is 0 Å². The number of rotatable bonds is 3. The predicted octanol–water partition coefficient (Wildman–Crippen LogP) is 1.92. The van der Waals surface area contributed by atoms with E-state index in [1.807, 2.05) is 37.3 Å². The van der Waals surface area contributed by atoms with Crippen molar-refractivity contribution < 1.29 is 4.74 Å². The monoisotopic (exact) mass is 229 g/mol. The van der Waals surface area contributed by atoms with Crippen molar-refractivity contribution in [3.8, 4) is 17.0 Å². The summed E-state index contributed by atoms with van der Waals surface area (Å²) in [4.78, 5) is 0. The van der Waals surface area contributed by atoms with E-state index in [4.69, 9.17) is 10.5 Å². The molecular formula is C13H15N3O. The zero-order chi connectivity index (χ0) is 12.3. The number of ether oxygens (including phenoxy) is 1.